The van der Waals surface area contributed by atoms with Gasteiger partial charge in [-0.15, -0.1) is 0 Å². The Labute approximate surface area is 120 Å². The summed E-state index contributed by atoms with van der Waals surface area (Å²) in [4.78, 5) is 14.4. The molecular formula is C13H14ClFN4O. The minimum absolute atomic E-state index is 0.138. The van der Waals surface area contributed by atoms with Crippen LogP contribution in [0.1, 0.15) is 19.3 Å². The first-order chi connectivity index (χ1) is 9.70. The van der Waals surface area contributed by atoms with Gasteiger partial charge in [0.1, 0.15) is 11.3 Å². The molecule has 3 rings (SSSR count). The number of anilines is 1. The fourth-order valence-electron chi connectivity index (χ4n) is 2.44. The van der Waals surface area contributed by atoms with Crippen molar-refractivity contribution in [3.8, 4) is 6.01 Å². The first-order valence-electron chi connectivity index (χ1n) is 6.51. The van der Waals surface area contributed by atoms with Crippen molar-refractivity contribution in [3.63, 3.8) is 0 Å². The first-order valence-corrected chi connectivity index (χ1v) is 6.89. The van der Waals surface area contributed by atoms with Crippen molar-refractivity contribution in [3.05, 3.63) is 17.2 Å². The number of pyridine rings is 1. The average Bonchev–Trinajstić information content (AvgIpc) is 2.51. The number of rotatable bonds is 2. The van der Waals surface area contributed by atoms with Crippen molar-refractivity contribution in [2.24, 2.45) is 0 Å². The fraction of sp³-hybridized carbons (Fsp3) is 0.462. The van der Waals surface area contributed by atoms with Crippen LogP contribution in [0.2, 0.25) is 5.15 Å². The Morgan fingerprint density at radius 2 is 2.00 bits per heavy atom. The molecule has 7 heteroatoms. The van der Waals surface area contributed by atoms with Crippen LogP contribution >= 0.6 is 11.6 Å². The lowest BCUT2D eigenvalue weighted by atomic mass is 10.1. The summed E-state index contributed by atoms with van der Waals surface area (Å²) in [5.74, 6) is 0.0257. The number of fused-ring (bicyclic) bond motifs is 1. The zero-order valence-corrected chi connectivity index (χ0v) is 11.8. The molecule has 20 heavy (non-hydrogen) atoms. The van der Waals surface area contributed by atoms with Gasteiger partial charge >= 0.3 is 6.01 Å². The van der Waals surface area contributed by atoms with Gasteiger partial charge in [0, 0.05) is 19.3 Å². The van der Waals surface area contributed by atoms with Crippen molar-refractivity contribution in [1.82, 2.24) is 15.0 Å². The zero-order valence-electron chi connectivity index (χ0n) is 11.1. The number of nitrogens with zero attached hydrogens (tertiary/aromatic N) is 4. The highest BCUT2D eigenvalue weighted by molar-refractivity contribution is 6.30. The molecule has 0 unspecified atom stereocenters. The molecule has 2 aromatic heterocycles. The summed E-state index contributed by atoms with van der Waals surface area (Å²) in [6.07, 6.45) is 4.91. The maximum absolute atomic E-state index is 14.1. The van der Waals surface area contributed by atoms with Gasteiger partial charge in [0.15, 0.2) is 11.0 Å². The van der Waals surface area contributed by atoms with Crippen LogP contribution in [0.3, 0.4) is 0 Å². The highest BCUT2D eigenvalue weighted by Gasteiger charge is 2.20. The second kappa shape index (κ2) is 5.36. The minimum atomic E-state index is -0.636. The van der Waals surface area contributed by atoms with Gasteiger partial charge in [-0.25, -0.2) is 9.37 Å². The minimum Gasteiger partial charge on any atom is -0.467 e. The molecule has 0 atom stereocenters. The van der Waals surface area contributed by atoms with E-state index in [0.29, 0.717) is 11.2 Å². The molecule has 0 bridgehead atoms. The molecule has 1 aliphatic heterocycles. The molecule has 0 spiro atoms. The van der Waals surface area contributed by atoms with E-state index in [1.807, 2.05) is 0 Å². The van der Waals surface area contributed by atoms with E-state index < -0.39 is 5.82 Å². The van der Waals surface area contributed by atoms with Gasteiger partial charge in [-0.2, -0.15) is 9.97 Å². The zero-order chi connectivity index (χ0) is 14.1. The highest BCUT2D eigenvalue weighted by atomic mass is 35.5. The Bertz CT molecular complexity index is 646. The van der Waals surface area contributed by atoms with E-state index in [9.17, 15) is 4.39 Å². The van der Waals surface area contributed by atoms with E-state index >= 15 is 0 Å². The Hall–Kier alpha value is -1.69. The van der Waals surface area contributed by atoms with E-state index in [-0.39, 0.29) is 16.7 Å². The molecule has 2 aromatic rings. The Morgan fingerprint density at radius 1 is 1.25 bits per heavy atom. The molecule has 0 aliphatic carbocycles. The molecule has 0 radical (unpaired) electrons. The van der Waals surface area contributed by atoms with Crippen LogP contribution in [-0.4, -0.2) is 35.2 Å². The smallest absolute Gasteiger partial charge is 0.318 e. The van der Waals surface area contributed by atoms with Crippen LogP contribution in [0.25, 0.3) is 10.9 Å². The first kappa shape index (κ1) is 13.3. The predicted molar refractivity (Wildman–Crippen MR) is 74.9 cm³/mol. The summed E-state index contributed by atoms with van der Waals surface area (Å²) in [5.41, 5.74) is 0.150. The molecule has 1 saturated heterocycles. The number of ether oxygens (including phenoxy) is 1. The summed E-state index contributed by atoms with van der Waals surface area (Å²) in [6.45, 7) is 1.78. The van der Waals surface area contributed by atoms with Crippen LogP contribution in [0.15, 0.2) is 6.20 Å². The Kier molecular flexibility index (Phi) is 3.56. The van der Waals surface area contributed by atoms with Gasteiger partial charge in [-0.3, -0.25) is 0 Å². The maximum atomic E-state index is 14.1. The molecule has 0 saturated carbocycles. The van der Waals surface area contributed by atoms with Gasteiger partial charge in [0.05, 0.1) is 12.5 Å². The molecule has 0 aromatic carbocycles. The number of piperidine rings is 1. The second-order valence-electron chi connectivity index (χ2n) is 4.71. The molecule has 1 fully saturated rings. The largest absolute Gasteiger partial charge is 0.467 e. The fourth-order valence-corrected chi connectivity index (χ4v) is 2.58. The van der Waals surface area contributed by atoms with Gasteiger partial charge in [0.25, 0.3) is 0 Å². The maximum Gasteiger partial charge on any atom is 0.318 e. The van der Waals surface area contributed by atoms with Crippen molar-refractivity contribution >= 4 is 28.3 Å². The van der Waals surface area contributed by atoms with Gasteiger partial charge < -0.3 is 9.64 Å². The third-order valence-electron chi connectivity index (χ3n) is 3.44. The average molecular weight is 297 g/mol. The number of aromatic nitrogens is 3. The normalized spacial score (nSPS) is 15.7. The summed E-state index contributed by atoms with van der Waals surface area (Å²) in [5, 5.41) is 0.373. The van der Waals surface area contributed by atoms with Crippen LogP contribution < -0.4 is 9.64 Å². The van der Waals surface area contributed by atoms with E-state index in [1.165, 1.54) is 19.7 Å². The van der Waals surface area contributed by atoms with E-state index in [1.54, 1.807) is 0 Å². The standard InChI is InChI=1S/C13H14ClFN4O/c1-20-13-17-10-8(7-16-11(14)9(10)15)12(18-13)19-5-3-2-4-6-19/h7H,2-6H2,1H3. The van der Waals surface area contributed by atoms with Gasteiger partial charge in [0.2, 0.25) is 0 Å². The number of methoxy groups -OCH3 is 1. The van der Waals surface area contributed by atoms with Gasteiger partial charge in [-0.1, -0.05) is 11.6 Å². The SMILES string of the molecule is COc1nc(N2CCCCC2)c2cnc(Cl)c(F)c2n1. The monoisotopic (exact) mass is 296 g/mol. The van der Waals surface area contributed by atoms with Crippen molar-refractivity contribution in [2.45, 2.75) is 19.3 Å². The van der Waals surface area contributed by atoms with Crippen molar-refractivity contribution < 1.29 is 9.13 Å². The van der Waals surface area contributed by atoms with Crippen LogP contribution in [0, 0.1) is 5.82 Å². The van der Waals surface area contributed by atoms with E-state index in [4.69, 9.17) is 16.3 Å². The third kappa shape index (κ3) is 2.24. The van der Waals surface area contributed by atoms with Crippen LogP contribution in [-0.2, 0) is 0 Å². The van der Waals surface area contributed by atoms with E-state index in [2.05, 4.69) is 19.9 Å². The lowest BCUT2D eigenvalue weighted by Gasteiger charge is -2.28. The molecular weight excluding hydrogens is 283 g/mol. The third-order valence-corrected chi connectivity index (χ3v) is 3.70. The molecule has 0 N–H and O–H groups in total. The number of hydrogen-bond donors (Lipinski definition) is 0. The lowest BCUT2D eigenvalue weighted by Crippen LogP contribution is -2.30. The lowest BCUT2D eigenvalue weighted by molar-refractivity contribution is 0.381. The van der Waals surface area contributed by atoms with Crippen molar-refractivity contribution in [1.29, 1.82) is 0 Å². The highest BCUT2D eigenvalue weighted by Crippen LogP contribution is 2.30. The van der Waals surface area contributed by atoms with Crippen LogP contribution in [0.4, 0.5) is 10.2 Å². The van der Waals surface area contributed by atoms with Crippen molar-refractivity contribution in [2.75, 3.05) is 25.1 Å². The van der Waals surface area contributed by atoms with Gasteiger partial charge in [-0.05, 0) is 19.3 Å². The molecule has 106 valence electrons. The second-order valence-corrected chi connectivity index (χ2v) is 5.06. The Balaban J connectivity index is 2.21. The number of halogens is 2. The molecule has 1 aliphatic rings. The summed E-state index contributed by atoms with van der Waals surface area (Å²) < 4.78 is 19.2. The quantitative estimate of drug-likeness (QED) is 0.798. The molecule has 3 heterocycles. The summed E-state index contributed by atoms with van der Waals surface area (Å²) in [6, 6.07) is 0.138. The van der Waals surface area contributed by atoms with E-state index in [0.717, 1.165) is 25.9 Å². The number of hydrogen-bond acceptors (Lipinski definition) is 5. The van der Waals surface area contributed by atoms with Crippen LogP contribution in [0.5, 0.6) is 6.01 Å². The topological polar surface area (TPSA) is 51.1 Å². The molecule has 0 amide bonds. The summed E-state index contributed by atoms with van der Waals surface area (Å²) >= 11 is 5.72. The summed E-state index contributed by atoms with van der Waals surface area (Å²) in [7, 11) is 1.46. The molecule has 5 nitrogen and oxygen atoms in total. The predicted octanol–water partition coefficient (Wildman–Crippen LogP) is 2.82. The Morgan fingerprint density at radius 3 is 2.70 bits per heavy atom.